The van der Waals surface area contributed by atoms with Crippen molar-refractivity contribution in [2.45, 2.75) is 12.8 Å². The fourth-order valence-electron chi connectivity index (χ4n) is 1.73. The summed E-state index contributed by atoms with van der Waals surface area (Å²) in [6, 6.07) is 0. The van der Waals surface area contributed by atoms with E-state index in [1.54, 1.807) is 7.05 Å². The van der Waals surface area contributed by atoms with Crippen molar-refractivity contribution in [1.82, 2.24) is 19.1 Å². The van der Waals surface area contributed by atoms with Crippen molar-refractivity contribution in [3.8, 4) is 0 Å². The molecule has 2 rings (SSSR count). The first-order chi connectivity index (χ1) is 8.06. The van der Waals surface area contributed by atoms with Crippen LogP contribution < -0.4 is 11.2 Å². The molecule has 0 spiro atoms. The molecule has 0 aromatic carbocycles. The first kappa shape index (κ1) is 12.1. The zero-order chi connectivity index (χ0) is 12.6. The Morgan fingerprint density at radius 1 is 1.29 bits per heavy atom. The zero-order valence-corrected chi connectivity index (χ0v) is 11.2. The third kappa shape index (κ3) is 1.95. The van der Waals surface area contributed by atoms with E-state index in [0.717, 1.165) is 28.6 Å². The molecule has 0 aliphatic rings. The van der Waals surface area contributed by atoms with Gasteiger partial charge < -0.3 is 4.98 Å². The maximum atomic E-state index is 11.9. The van der Waals surface area contributed by atoms with Gasteiger partial charge in [0.15, 0.2) is 5.65 Å². The third-order valence-corrected chi connectivity index (χ3v) is 3.25. The number of imidazole rings is 1. The quantitative estimate of drug-likeness (QED) is 0.828. The van der Waals surface area contributed by atoms with Crippen LogP contribution in [0.4, 0.5) is 0 Å². The van der Waals surface area contributed by atoms with Crippen LogP contribution in [0.3, 0.4) is 0 Å². The molecule has 6 nitrogen and oxygen atoms in total. The Hall–Kier alpha value is -1.37. The van der Waals surface area contributed by atoms with Crippen LogP contribution in [0.15, 0.2) is 9.59 Å². The van der Waals surface area contributed by atoms with E-state index < -0.39 is 0 Å². The van der Waals surface area contributed by atoms with Crippen LogP contribution in [0, 0.1) is 0 Å². The van der Waals surface area contributed by atoms with Gasteiger partial charge in [0.1, 0.15) is 11.3 Å². The molecule has 1 N–H and O–H groups in total. The number of aromatic nitrogens is 4. The molecule has 0 bridgehead atoms. The summed E-state index contributed by atoms with van der Waals surface area (Å²) < 4.78 is 2.46. The van der Waals surface area contributed by atoms with Crippen LogP contribution in [0.5, 0.6) is 0 Å². The molecule has 17 heavy (non-hydrogen) atoms. The molecule has 0 amide bonds. The van der Waals surface area contributed by atoms with Crippen LogP contribution in [0.2, 0.25) is 0 Å². The van der Waals surface area contributed by atoms with Crippen LogP contribution in [-0.4, -0.2) is 24.4 Å². The van der Waals surface area contributed by atoms with Crippen molar-refractivity contribution in [3.05, 3.63) is 26.7 Å². The third-order valence-electron chi connectivity index (χ3n) is 2.69. The molecule has 2 aromatic rings. The van der Waals surface area contributed by atoms with Crippen molar-refractivity contribution in [1.29, 1.82) is 0 Å². The Morgan fingerprint density at radius 3 is 2.65 bits per heavy atom. The normalized spacial score (nSPS) is 11.2. The monoisotopic (exact) mass is 300 g/mol. The van der Waals surface area contributed by atoms with E-state index in [1.165, 1.54) is 11.6 Å². The second-order valence-electron chi connectivity index (χ2n) is 3.88. The SMILES string of the molecule is Cn1c(=O)c2[nH]c(CCCBr)nc2n(C)c1=O. The zero-order valence-electron chi connectivity index (χ0n) is 9.66. The molecule has 0 unspecified atom stereocenters. The van der Waals surface area contributed by atoms with Crippen molar-refractivity contribution in [2.24, 2.45) is 14.1 Å². The molecule has 0 saturated carbocycles. The van der Waals surface area contributed by atoms with Gasteiger partial charge in [-0.25, -0.2) is 9.78 Å². The van der Waals surface area contributed by atoms with Gasteiger partial charge in [-0.05, 0) is 6.42 Å². The highest BCUT2D eigenvalue weighted by molar-refractivity contribution is 9.09. The highest BCUT2D eigenvalue weighted by Crippen LogP contribution is 2.06. The van der Waals surface area contributed by atoms with Crippen molar-refractivity contribution in [3.63, 3.8) is 0 Å². The number of nitrogens with zero attached hydrogens (tertiary/aromatic N) is 3. The average molecular weight is 301 g/mol. The maximum Gasteiger partial charge on any atom is 0.332 e. The molecular formula is C10H13BrN4O2. The minimum absolute atomic E-state index is 0.333. The van der Waals surface area contributed by atoms with Crippen LogP contribution in [-0.2, 0) is 20.5 Å². The molecule has 92 valence electrons. The molecule has 2 aromatic heterocycles. The van der Waals surface area contributed by atoms with Crippen LogP contribution in [0.25, 0.3) is 11.2 Å². The van der Waals surface area contributed by atoms with Crippen molar-refractivity contribution < 1.29 is 0 Å². The lowest BCUT2D eigenvalue weighted by Crippen LogP contribution is -2.36. The number of hydrogen-bond donors (Lipinski definition) is 1. The summed E-state index contributed by atoms with van der Waals surface area (Å²) in [4.78, 5) is 30.8. The summed E-state index contributed by atoms with van der Waals surface area (Å²) in [5.41, 5.74) is 0.114. The van der Waals surface area contributed by atoms with Crippen LogP contribution in [0.1, 0.15) is 12.2 Å². The first-order valence-electron chi connectivity index (χ1n) is 5.27. The second-order valence-corrected chi connectivity index (χ2v) is 4.67. The summed E-state index contributed by atoms with van der Waals surface area (Å²) in [5.74, 6) is 0.734. The fraction of sp³-hybridized carbons (Fsp3) is 0.500. The average Bonchev–Trinajstić information content (AvgIpc) is 2.75. The number of hydrogen-bond acceptors (Lipinski definition) is 3. The minimum atomic E-state index is -0.360. The van der Waals surface area contributed by atoms with E-state index in [2.05, 4.69) is 25.9 Å². The Kier molecular flexibility index (Phi) is 3.19. The number of alkyl halides is 1. The van der Waals surface area contributed by atoms with E-state index in [9.17, 15) is 9.59 Å². The largest absolute Gasteiger partial charge is 0.336 e. The topological polar surface area (TPSA) is 72.7 Å². The lowest BCUT2D eigenvalue weighted by atomic mass is 10.3. The van der Waals surface area contributed by atoms with E-state index in [4.69, 9.17) is 0 Å². The van der Waals surface area contributed by atoms with Gasteiger partial charge in [-0.15, -0.1) is 0 Å². The minimum Gasteiger partial charge on any atom is -0.336 e. The summed E-state index contributed by atoms with van der Waals surface area (Å²) in [7, 11) is 3.07. The Bertz CT molecular complexity index is 667. The molecule has 0 fully saturated rings. The second kappa shape index (κ2) is 4.48. The molecule has 2 heterocycles. The lowest BCUT2D eigenvalue weighted by molar-refractivity contribution is 0.708. The molecule has 0 saturated heterocycles. The highest BCUT2D eigenvalue weighted by Gasteiger charge is 2.12. The standard InChI is InChI=1S/C10H13BrN4O2/c1-14-8-7(9(16)15(2)10(14)17)12-6(13-8)4-3-5-11/h3-5H2,1-2H3,(H,12,13). The predicted molar refractivity (Wildman–Crippen MR) is 68.7 cm³/mol. The highest BCUT2D eigenvalue weighted by atomic mass is 79.9. The van der Waals surface area contributed by atoms with Gasteiger partial charge in [-0.1, -0.05) is 15.9 Å². The van der Waals surface area contributed by atoms with Gasteiger partial charge in [0.05, 0.1) is 0 Å². The molecule has 0 radical (unpaired) electrons. The van der Waals surface area contributed by atoms with Crippen molar-refractivity contribution >= 4 is 27.1 Å². The Morgan fingerprint density at radius 2 is 2.00 bits per heavy atom. The summed E-state index contributed by atoms with van der Waals surface area (Å²) in [6.07, 6.45) is 1.67. The molecule has 0 aliphatic heterocycles. The number of aryl methyl sites for hydroxylation is 2. The number of aromatic amines is 1. The van der Waals surface area contributed by atoms with Gasteiger partial charge in [0.25, 0.3) is 5.56 Å². The maximum absolute atomic E-state index is 11.9. The molecular weight excluding hydrogens is 288 g/mol. The number of H-pyrrole nitrogens is 1. The summed E-state index contributed by atoms with van der Waals surface area (Å²) in [5, 5.41) is 0.876. The molecule has 7 heteroatoms. The van der Waals surface area contributed by atoms with Gasteiger partial charge in [-0.3, -0.25) is 13.9 Å². The van der Waals surface area contributed by atoms with Gasteiger partial charge in [-0.2, -0.15) is 0 Å². The fourth-order valence-corrected chi connectivity index (χ4v) is 2.01. The number of rotatable bonds is 3. The predicted octanol–water partition coefficient (Wildman–Crippen LogP) is 0.288. The molecule has 0 atom stereocenters. The number of halogens is 1. The molecule has 0 aliphatic carbocycles. The lowest BCUT2D eigenvalue weighted by Gasteiger charge is -2.00. The summed E-state index contributed by atoms with van der Waals surface area (Å²) in [6.45, 7) is 0. The Balaban J connectivity index is 2.69. The number of fused-ring (bicyclic) bond motifs is 1. The summed E-state index contributed by atoms with van der Waals surface area (Å²) >= 11 is 3.34. The van der Waals surface area contributed by atoms with Gasteiger partial charge in [0.2, 0.25) is 0 Å². The van der Waals surface area contributed by atoms with E-state index in [-0.39, 0.29) is 11.2 Å². The smallest absolute Gasteiger partial charge is 0.332 e. The number of nitrogens with one attached hydrogen (secondary N) is 1. The first-order valence-corrected chi connectivity index (χ1v) is 6.39. The van der Waals surface area contributed by atoms with Crippen LogP contribution >= 0.6 is 15.9 Å². The Labute approximate surface area is 105 Å². The van der Waals surface area contributed by atoms with E-state index in [1.807, 2.05) is 0 Å². The van der Waals surface area contributed by atoms with Gasteiger partial charge >= 0.3 is 5.69 Å². The van der Waals surface area contributed by atoms with Crippen molar-refractivity contribution in [2.75, 3.05) is 5.33 Å². The van der Waals surface area contributed by atoms with E-state index >= 15 is 0 Å². The van der Waals surface area contributed by atoms with E-state index in [0.29, 0.717) is 11.2 Å². The van der Waals surface area contributed by atoms with Gasteiger partial charge in [0, 0.05) is 25.8 Å².